The summed E-state index contributed by atoms with van der Waals surface area (Å²) in [5.74, 6) is -0.0543. The van der Waals surface area contributed by atoms with Crippen LogP contribution in [0.25, 0.3) is 0 Å². The molecule has 32 heavy (non-hydrogen) atoms. The lowest BCUT2D eigenvalue weighted by molar-refractivity contribution is -0.173. The highest BCUT2D eigenvalue weighted by Gasteiger charge is 2.68. The van der Waals surface area contributed by atoms with E-state index in [2.05, 4.69) is 4.18 Å². The lowest BCUT2D eigenvalue weighted by atomic mass is 9.39. The molecule has 0 unspecified atom stereocenters. The maximum atomic E-state index is 13.3. The minimum atomic E-state index is -5.79. The molecule has 6 atom stereocenters. The van der Waals surface area contributed by atoms with E-state index in [9.17, 15) is 31.2 Å². The number of carbonyl (C=O) groups is 2. The Labute approximate surface area is 188 Å². The molecular weight excluding hydrogens is 445 g/mol. The van der Waals surface area contributed by atoms with Gasteiger partial charge in [-0.1, -0.05) is 34.6 Å². The molecule has 0 bridgehead atoms. The van der Waals surface area contributed by atoms with Crippen molar-refractivity contribution in [3.8, 4) is 0 Å². The molecule has 3 aliphatic rings. The predicted molar refractivity (Wildman–Crippen MR) is 113 cm³/mol. The van der Waals surface area contributed by atoms with Crippen LogP contribution >= 0.6 is 0 Å². The molecule has 0 N–H and O–H groups in total. The predicted octanol–water partition coefficient (Wildman–Crippen LogP) is 5.55. The van der Waals surface area contributed by atoms with Crippen LogP contribution in [0.3, 0.4) is 0 Å². The second kappa shape index (κ2) is 7.57. The third kappa shape index (κ3) is 3.36. The molecule has 3 aliphatic carbocycles. The summed E-state index contributed by atoms with van der Waals surface area (Å²) in [6, 6.07) is 0. The molecule has 9 heteroatoms. The van der Waals surface area contributed by atoms with Crippen molar-refractivity contribution in [1.29, 1.82) is 0 Å². The molecule has 3 rings (SSSR count). The van der Waals surface area contributed by atoms with Gasteiger partial charge < -0.3 is 8.98 Å². The van der Waals surface area contributed by atoms with E-state index in [4.69, 9.17) is 0 Å². The van der Waals surface area contributed by atoms with E-state index in [0.717, 1.165) is 12.7 Å². The maximum absolute atomic E-state index is 13.3. The van der Waals surface area contributed by atoms with Gasteiger partial charge in [0.15, 0.2) is 0 Å². The Hall–Kier alpha value is -1.38. The number of aldehydes is 1. The van der Waals surface area contributed by atoms with Crippen LogP contribution in [0.5, 0.6) is 0 Å². The highest BCUT2D eigenvalue weighted by Crippen LogP contribution is 2.72. The fraction of sp³-hybridized carbons (Fsp3) is 0.826. The summed E-state index contributed by atoms with van der Waals surface area (Å²) in [4.78, 5) is 25.1. The first-order valence-electron chi connectivity index (χ1n) is 11.2. The molecule has 0 amide bonds. The van der Waals surface area contributed by atoms with Crippen molar-refractivity contribution in [2.45, 2.75) is 85.1 Å². The van der Waals surface area contributed by atoms with E-state index in [1.54, 1.807) is 6.92 Å². The lowest BCUT2D eigenvalue weighted by Gasteiger charge is -2.64. The summed E-state index contributed by atoms with van der Waals surface area (Å²) in [6.07, 6.45) is 5.60. The standard InChI is InChI=1S/C23H33F3O5S/c1-15-6-9-21(4,17(28)14-15)20(3)11-12-22(5)18(31-32(29,30)23(24,25)26)7-10-19(22,2)16(20)8-13-27/h7,13,15-16H,6,8-12,14H2,1-5H3/t15-,16-,19-,20-,21-,22+/m0/s1. The molecule has 0 spiro atoms. The van der Waals surface area contributed by atoms with Gasteiger partial charge in [0, 0.05) is 23.7 Å². The highest BCUT2D eigenvalue weighted by atomic mass is 32.2. The van der Waals surface area contributed by atoms with Crippen molar-refractivity contribution in [2.75, 3.05) is 0 Å². The van der Waals surface area contributed by atoms with Crippen LogP contribution in [-0.4, -0.2) is 26.0 Å². The van der Waals surface area contributed by atoms with Gasteiger partial charge in [0.05, 0.1) is 0 Å². The fourth-order valence-electron chi connectivity index (χ4n) is 6.85. The van der Waals surface area contributed by atoms with E-state index in [1.807, 2.05) is 27.7 Å². The topological polar surface area (TPSA) is 77.5 Å². The molecule has 0 radical (unpaired) electrons. The smallest absolute Gasteiger partial charge is 0.380 e. The van der Waals surface area contributed by atoms with Crippen molar-refractivity contribution >= 4 is 22.2 Å². The Morgan fingerprint density at radius 1 is 1.09 bits per heavy atom. The van der Waals surface area contributed by atoms with Gasteiger partial charge in [0.25, 0.3) is 0 Å². The van der Waals surface area contributed by atoms with E-state index < -0.39 is 37.3 Å². The monoisotopic (exact) mass is 478 g/mol. The summed E-state index contributed by atoms with van der Waals surface area (Å²) in [5.41, 5.74) is -8.46. The summed E-state index contributed by atoms with van der Waals surface area (Å²) in [5, 5.41) is 0. The summed E-state index contributed by atoms with van der Waals surface area (Å²) >= 11 is 0. The zero-order valence-corrected chi connectivity index (χ0v) is 20.2. The maximum Gasteiger partial charge on any atom is 0.534 e. The van der Waals surface area contributed by atoms with E-state index >= 15 is 0 Å². The van der Waals surface area contributed by atoms with Crippen molar-refractivity contribution in [2.24, 2.45) is 33.5 Å². The Kier molecular flexibility index (Phi) is 5.97. The Bertz CT molecular complexity index is 942. The molecule has 0 aromatic rings. The van der Waals surface area contributed by atoms with Crippen molar-refractivity contribution in [3.05, 3.63) is 11.8 Å². The summed E-state index contributed by atoms with van der Waals surface area (Å²) in [7, 11) is -5.79. The number of alkyl halides is 3. The molecule has 0 aliphatic heterocycles. The number of rotatable bonds is 5. The Morgan fingerprint density at radius 2 is 1.72 bits per heavy atom. The first kappa shape index (κ1) is 25.2. The highest BCUT2D eigenvalue weighted by molar-refractivity contribution is 7.87. The van der Waals surface area contributed by atoms with E-state index in [1.165, 1.54) is 6.08 Å². The SMILES string of the molecule is C[C@H]1CC[C@](C)([C@@]2(C)CC[C@]3(C)C(OS(=O)(=O)C(F)(F)F)=CC[C@@]3(C)[C@@H]2CC=O)C(=O)C1. The molecule has 2 saturated carbocycles. The molecule has 2 fully saturated rings. The largest absolute Gasteiger partial charge is 0.534 e. The molecule has 0 saturated heterocycles. The van der Waals surface area contributed by atoms with E-state index in [0.29, 0.717) is 31.6 Å². The molecule has 0 aromatic carbocycles. The van der Waals surface area contributed by atoms with Crippen LogP contribution in [0.15, 0.2) is 11.8 Å². The zero-order valence-electron chi connectivity index (χ0n) is 19.3. The third-order valence-corrected chi connectivity index (χ3v) is 10.5. The van der Waals surface area contributed by atoms with Crippen LogP contribution < -0.4 is 0 Å². The number of carbonyl (C=O) groups excluding carboxylic acids is 2. The minimum Gasteiger partial charge on any atom is -0.380 e. The van der Waals surface area contributed by atoms with Crippen LogP contribution in [-0.2, 0) is 23.9 Å². The number of Topliss-reactive ketones (excluding diaryl/α,β-unsaturated/α-hetero) is 1. The average Bonchev–Trinajstić information content (AvgIpc) is 2.92. The minimum absolute atomic E-state index is 0.147. The van der Waals surface area contributed by atoms with Gasteiger partial charge in [-0.25, -0.2) is 0 Å². The molecule has 0 aromatic heterocycles. The molecule has 0 heterocycles. The quantitative estimate of drug-likeness (QED) is 0.294. The van der Waals surface area contributed by atoms with Crippen molar-refractivity contribution in [3.63, 3.8) is 0 Å². The van der Waals surface area contributed by atoms with Gasteiger partial charge in [0.1, 0.15) is 17.8 Å². The first-order valence-corrected chi connectivity index (χ1v) is 12.6. The van der Waals surface area contributed by atoms with Gasteiger partial charge in [-0.3, -0.25) is 4.79 Å². The van der Waals surface area contributed by atoms with Crippen LogP contribution in [0.2, 0.25) is 0 Å². The average molecular weight is 479 g/mol. The number of hydrogen-bond donors (Lipinski definition) is 0. The van der Waals surface area contributed by atoms with Gasteiger partial charge in [-0.2, -0.15) is 21.6 Å². The normalized spacial score (nSPS) is 42.9. The Balaban J connectivity index is 2.03. The van der Waals surface area contributed by atoms with Gasteiger partial charge >= 0.3 is 15.6 Å². The molecule has 182 valence electrons. The van der Waals surface area contributed by atoms with E-state index in [-0.39, 0.29) is 30.3 Å². The summed E-state index contributed by atoms with van der Waals surface area (Å²) in [6.45, 7) is 9.67. The van der Waals surface area contributed by atoms with Gasteiger partial charge in [-0.05, 0) is 60.8 Å². The van der Waals surface area contributed by atoms with Crippen LogP contribution in [0.1, 0.15) is 79.6 Å². The number of allylic oxidation sites excluding steroid dienone is 2. The lowest BCUT2D eigenvalue weighted by Crippen LogP contribution is -2.60. The second-order valence-electron chi connectivity index (χ2n) is 11.0. The van der Waals surface area contributed by atoms with Crippen molar-refractivity contribution in [1.82, 2.24) is 0 Å². The third-order valence-electron chi connectivity index (χ3n) is 9.56. The van der Waals surface area contributed by atoms with Gasteiger partial charge in [0.2, 0.25) is 0 Å². The van der Waals surface area contributed by atoms with Crippen LogP contribution in [0.4, 0.5) is 13.2 Å². The van der Waals surface area contributed by atoms with Crippen molar-refractivity contribution < 1.29 is 35.4 Å². The van der Waals surface area contributed by atoms with Gasteiger partial charge in [-0.15, -0.1) is 0 Å². The molecular formula is C23H33F3O5S. The summed E-state index contributed by atoms with van der Waals surface area (Å²) < 4.78 is 67.1. The zero-order chi connectivity index (χ0) is 24.4. The number of ketones is 1. The Morgan fingerprint density at radius 3 is 2.25 bits per heavy atom. The second-order valence-corrected chi connectivity index (χ2v) is 12.5. The number of halogens is 3. The number of hydrogen-bond acceptors (Lipinski definition) is 5. The first-order chi connectivity index (χ1) is 14.5. The molecule has 5 nitrogen and oxygen atoms in total. The number of fused-ring (bicyclic) bond motifs is 1. The fourth-order valence-corrected chi connectivity index (χ4v) is 7.43. The van der Waals surface area contributed by atoms with Crippen LogP contribution in [0, 0.1) is 33.5 Å².